The largest absolute Gasteiger partial charge is 0.497 e. The predicted octanol–water partition coefficient (Wildman–Crippen LogP) is 2.97. The van der Waals surface area contributed by atoms with Crippen LogP contribution in [0.15, 0.2) is 42.5 Å². The highest BCUT2D eigenvalue weighted by atomic mass is 16.6. The summed E-state index contributed by atoms with van der Waals surface area (Å²) in [5, 5.41) is 10.8. The molecule has 0 aliphatic carbocycles. The van der Waals surface area contributed by atoms with E-state index in [1.165, 1.54) is 19.2 Å². The fraction of sp³-hybridized carbons (Fsp3) is 0.188. The van der Waals surface area contributed by atoms with Gasteiger partial charge >= 0.3 is 5.97 Å². The van der Waals surface area contributed by atoms with Crippen molar-refractivity contribution in [2.45, 2.75) is 6.61 Å². The van der Waals surface area contributed by atoms with Crippen molar-refractivity contribution in [2.24, 2.45) is 0 Å². The van der Waals surface area contributed by atoms with E-state index in [0.717, 1.165) is 11.6 Å². The lowest BCUT2D eigenvalue weighted by Gasteiger charge is -2.09. The molecule has 0 amide bonds. The van der Waals surface area contributed by atoms with Gasteiger partial charge in [0.05, 0.1) is 19.1 Å². The number of nitro benzene ring substituents is 1. The highest BCUT2D eigenvalue weighted by Gasteiger charge is 2.18. The van der Waals surface area contributed by atoms with Crippen LogP contribution in [0.5, 0.6) is 11.5 Å². The number of non-ortho nitro benzene ring substituents is 1. The molecule has 0 unspecified atom stereocenters. The molecule has 0 heterocycles. The summed E-state index contributed by atoms with van der Waals surface area (Å²) in [7, 11) is 2.92. The second-order valence-electron chi connectivity index (χ2n) is 4.57. The number of rotatable bonds is 6. The van der Waals surface area contributed by atoms with Crippen LogP contribution in [0.2, 0.25) is 0 Å². The summed E-state index contributed by atoms with van der Waals surface area (Å²) in [6.45, 7) is 0.0158. The van der Waals surface area contributed by atoms with Crippen molar-refractivity contribution < 1.29 is 23.9 Å². The molecule has 7 heteroatoms. The summed E-state index contributed by atoms with van der Waals surface area (Å²) in [5.41, 5.74) is 0.533. The highest BCUT2D eigenvalue weighted by molar-refractivity contribution is 5.93. The summed E-state index contributed by atoms with van der Waals surface area (Å²) in [6, 6.07) is 10.8. The Kier molecular flexibility index (Phi) is 5.14. The minimum Gasteiger partial charge on any atom is -0.497 e. The van der Waals surface area contributed by atoms with Gasteiger partial charge in [-0.15, -0.1) is 0 Å². The van der Waals surface area contributed by atoms with Gasteiger partial charge in [0.25, 0.3) is 5.69 Å². The van der Waals surface area contributed by atoms with Gasteiger partial charge in [0.15, 0.2) is 0 Å². The Hall–Kier alpha value is -3.09. The van der Waals surface area contributed by atoms with E-state index in [4.69, 9.17) is 14.2 Å². The molecule has 2 aromatic carbocycles. The lowest BCUT2D eigenvalue weighted by molar-refractivity contribution is -0.384. The van der Waals surface area contributed by atoms with E-state index < -0.39 is 10.9 Å². The third kappa shape index (κ3) is 3.97. The van der Waals surface area contributed by atoms with E-state index in [2.05, 4.69) is 0 Å². The first-order chi connectivity index (χ1) is 11.0. The van der Waals surface area contributed by atoms with Crippen LogP contribution in [-0.4, -0.2) is 25.1 Å². The molecule has 0 aromatic heterocycles. The van der Waals surface area contributed by atoms with Crippen LogP contribution in [-0.2, 0) is 11.3 Å². The van der Waals surface area contributed by atoms with Crippen molar-refractivity contribution in [2.75, 3.05) is 14.2 Å². The molecule has 0 saturated heterocycles. The molecule has 0 radical (unpaired) electrons. The quantitative estimate of drug-likeness (QED) is 0.462. The van der Waals surface area contributed by atoms with E-state index >= 15 is 0 Å². The number of methoxy groups -OCH3 is 2. The number of ether oxygens (including phenoxy) is 3. The fourth-order valence-electron chi connectivity index (χ4n) is 1.96. The molecule has 0 saturated carbocycles. The van der Waals surface area contributed by atoms with E-state index in [0.29, 0.717) is 5.75 Å². The number of hydrogen-bond donors (Lipinski definition) is 0. The van der Waals surface area contributed by atoms with Gasteiger partial charge < -0.3 is 14.2 Å². The van der Waals surface area contributed by atoms with Crippen molar-refractivity contribution in [1.82, 2.24) is 0 Å². The molecule has 0 aliphatic rings. The average molecular weight is 317 g/mol. The van der Waals surface area contributed by atoms with E-state index in [9.17, 15) is 14.9 Å². The Balaban J connectivity index is 2.16. The third-order valence-electron chi connectivity index (χ3n) is 3.12. The van der Waals surface area contributed by atoms with Crippen molar-refractivity contribution >= 4 is 11.7 Å². The first-order valence-electron chi connectivity index (χ1n) is 6.67. The first-order valence-corrected chi connectivity index (χ1v) is 6.67. The summed E-state index contributed by atoms with van der Waals surface area (Å²) in [5.74, 6) is 0.158. The number of carbonyl (C=O) groups is 1. The SMILES string of the molecule is COc1cccc(COC(=O)c2cc([N+](=O)[O-])ccc2OC)c1. The zero-order valence-electron chi connectivity index (χ0n) is 12.6. The first kappa shape index (κ1) is 16.3. The van der Waals surface area contributed by atoms with Crippen LogP contribution in [0.4, 0.5) is 5.69 Å². The fourth-order valence-corrected chi connectivity index (χ4v) is 1.96. The van der Waals surface area contributed by atoms with Gasteiger partial charge in [-0.3, -0.25) is 10.1 Å². The number of esters is 1. The van der Waals surface area contributed by atoms with Crippen LogP contribution in [0.3, 0.4) is 0 Å². The Morgan fingerprint density at radius 1 is 1.13 bits per heavy atom. The summed E-state index contributed by atoms with van der Waals surface area (Å²) in [4.78, 5) is 22.4. The molecule has 0 aliphatic heterocycles. The number of nitro groups is 1. The van der Waals surface area contributed by atoms with Crippen LogP contribution in [0, 0.1) is 10.1 Å². The molecule has 0 N–H and O–H groups in total. The van der Waals surface area contributed by atoms with Gasteiger partial charge in [0, 0.05) is 12.1 Å². The van der Waals surface area contributed by atoms with Gasteiger partial charge in [-0.2, -0.15) is 0 Å². The normalized spacial score (nSPS) is 10.0. The van der Waals surface area contributed by atoms with Crippen molar-refractivity contribution in [1.29, 1.82) is 0 Å². The molecular weight excluding hydrogens is 302 g/mol. The second-order valence-corrected chi connectivity index (χ2v) is 4.57. The molecule has 120 valence electrons. The van der Waals surface area contributed by atoms with Gasteiger partial charge in [-0.1, -0.05) is 12.1 Å². The lowest BCUT2D eigenvalue weighted by atomic mass is 10.1. The van der Waals surface area contributed by atoms with Crippen LogP contribution < -0.4 is 9.47 Å². The molecular formula is C16H15NO6. The standard InChI is InChI=1S/C16H15NO6/c1-21-13-5-3-4-11(8-13)10-23-16(18)14-9-12(17(19)20)6-7-15(14)22-2/h3-9H,10H2,1-2H3. The van der Waals surface area contributed by atoms with Crippen LogP contribution >= 0.6 is 0 Å². The molecule has 0 bridgehead atoms. The zero-order chi connectivity index (χ0) is 16.8. The molecule has 0 atom stereocenters. The van der Waals surface area contributed by atoms with Gasteiger partial charge in [-0.25, -0.2) is 4.79 Å². The molecule has 7 nitrogen and oxygen atoms in total. The highest BCUT2D eigenvalue weighted by Crippen LogP contribution is 2.25. The van der Waals surface area contributed by atoms with Crippen molar-refractivity contribution in [3.8, 4) is 11.5 Å². The van der Waals surface area contributed by atoms with Crippen molar-refractivity contribution in [3.05, 3.63) is 63.7 Å². The molecule has 2 aromatic rings. The average Bonchev–Trinajstić information content (AvgIpc) is 2.59. The van der Waals surface area contributed by atoms with E-state index in [-0.39, 0.29) is 23.6 Å². The second kappa shape index (κ2) is 7.26. The molecule has 2 rings (SSSR count). The maximum atomic E-state index is 12.2. The molecule has 23 heavy (non-hydrogen) atoms. The summed E-state index contributed by atoms with van der Waals surface area (Å²) < 4.78 is 15.3. The summed E-state index contributed by atoms with van der Waals surface area (Å²) in [6.07, 6.45) is 0. The van der Waals surface area contributed by atoms with Crippen LogP contribution in [0.1, 0.15) is 15.9 Å². The van der Waals surface area contributed by atoms with Gasteiger partial charge in [0.2, 0.25) is 0 Å². The Bertz CT molecular complexity index is 728. The Labute approximate surface area is 132 Å². The van der Waals surface area contributed by atoms with E-state index in [1.807, 2.05) is 0 Å². The maximum absolute atomic E-state index is 12.2. The molecule has 0 fully saturated rings. The maximum Gasteiger partial charge on any atom is 0.342 e. The third-order valence-corrected chi connectivity index (χ3v) is 3.12. The van der Waals surface area contributed by atoms with Gasteiger partial charge in [-0.05, 0) is 23.8 Å². The monoisotopic (exact) mass is 317 g/mol. The zero-order valence-corrected chi connectivity index (χ0v) is 12.6. The number of hydrogen-bond acceptors (Lipinski definition) is 6. The van der Waals surface area contributed by atoms with Gasteiger partial charge in [0.1, 0.15) is 23.7 Å². The van der Waals surface area contributed by atoms with Crippen LogP contribution in [0.25, 0.3) is 0 Å². The Morgan fingerprint density at radius 3 is 2.57 bits per heavy atom. The van der Waals surface area contributed by atoms with E-state index in [1.54, 1.807) is 31.4 Å². The smallest absolute Gasteiger partial charge is 0.342 e. The number of nitrogens with zero attached hydrogens (tertiary/aromatic N) is 1. The molecule has 0 spiro atoms. The number of carbonyl (C=O) groups excluding carboxylic acids is 1. The lowest BCUT2D eigenvalue weighted by Crippen LogP contribution is -2.08. The Morgan fingerprint density at radius 2 is 1.91 bits per heavy atom. The minimum atomic E-state index is -0.701. The summed E-state index contributed by atoms with van der Waals surface area (Å²) >= 11 is 0. The minimum absolute atomic E-state index is 0.00426. The number of benzene rings is 2. The predicted molar refractivity (Wildman–Crippen MR) is 81.8 cm³/mol. The topological polar surface area (TPSA) is 87.9 Å². The van der Waals surface area contributed by atoms with Crippen molar-refractivity contribution in [3.63, 3.8) is 0 Å².